The molecular weight excluding hydrogens is 311 g/mol. The van der Waals surface area contributed by atoms with Crippen LogP contribution in [0.5, 0.6) is 0 Å². The molecule has 0 aliphatic rings. The molecule has 0 unspecified atom stereocenters. The van der Waals surface area contributed by atoms with Crippen LogP contribution in [0.4, 0.5) is 32.6 Å². The second-order valence-electron chi connectivity index (χ2n) is 3.47. The number of anilines is 1. The normalized spacial score (nSPS) is 12.2. The smallest absolute Gasteiger partial charge is 0.385 e. The van der Waals surface area contributed by atoms with E-state index >= 15 is 0 Å². The summed E-state index contributed by atoms with van der Waals surface area (Å²) in [5.41, 5.74) is -6.64. The average Bonchev–Trinajstić information content (AvgIpc) is 2.35. The highest BCUT2D eigenvalue weighted by molar-refractivity contribution is 6.59. The van der Waals surface area contributed by atoms with Gasteiger partial charge in [-0.1, -0.05) is 26.2 Å². The van der Waals surface area contributed by atoms with E-state index in [0.717, 1.165) is 12.1 Å². The molecule has 1 aromatic rings. The largest absolute Gasteiger partial charge is 0.595 e. The van der Waals surface area contributed by atoms with Gasteiger partial charge in [0.1, 0.15) is 11.5 Å². The summed E-state index contributed by atoms with van der Waals surface area (Å²) in [6, 6.07) is 0.669. The standard InChI is InChI=1S/C8H7F5N2O4Si/c9-5-3-1-2-4-6(5)14(12)7(16)15(13)8(10,11)20(17,18)19/h1-4,17-19H. The lowest BCUT2D eigenvalue weighted by Crippen LogP contribution is -2.63. The van der Waals surface area contributed by atoms with Crippen LogP contribution in [-0.2, 0) is 0 Å². The zero-order chi connectivity index (χ0) is 15.7. The van der Waals surface area contributed by atoms with Crippen LogP contribution in [0.15, 0.2) is 24.3 Å². The summed E-state index contributed by atoms with van der Waals surface area (Å²) in [6.07, 6.45) is 0. The van der Waals surface area contributed by atoms with Gasteiger partial charge in [0.2, 0.25) is 0 Å². The lowest BCUT2D eigenvalue weighted by atomic mass is 10.3. The van der Waals surface area contributed by atoms with Crippen molar-refractivity contribution < 1.29 is 41.3 Å². The third-order valence-corrected chi connectivity index (χ3v) is 3.05. The fourth-order valence-corrected chi connectivity index (χ4v) is 1.40. The Balaban J connectivity index is 3.04. The van der Waals surface area contributed by atoms with Crippen molar-refractivity contribution in [1.82, 2.24) is 5.12 Å². The zero-order valence-electron chi connectivity index (χ0n) is 9.34. The first-order chi connectivity index (χ1) is 9.00. The third kappa shape index (κ3) is 2.87. The molecule has 0 aromatic heterocycles. The van der Waals surface area contributed by atoms with Gasteiger partial charge in [-0.15, -0.1) is 5.12 Å². The van der Waals surface area contributed by atoms with Crippen molar-refractivity contribution in [2.45, 2.75) is 5.67 Å². The van der Waals surface area contributed by atoms with E-state index in [4.69, 9.17) is 14.4 Å². The van der Waals surface area contributed by atoms with Gasteiger partial charge < -0.3 is 14.4 Å². The maximum atomic E-state index is 13.4. The summed E-state index contributed by atoms with van der Waals surface area (Å²) in [5.74, 6) is -1.36. The SMILES string of the molecule is O=C(N(F)c1ccccc1F)N(F)C(F)(F)[Si](O)(O)O. The van der Waals surface area contributed by atoms with Gasteiger partial charge in [0.15, 0.2) is 0 Å². The number of amides is 2. The summed E-state index contributed by atoms with van der Waals surface area (Å²) in [6.45, 7) is 0. The number of halogens is 5. The van der Waals surface area contributed by atoms with Crippen molar-refractivity contribution in [3.05, 3.63) is 30.1 Å². The maximum absolute atomic E-state index is 13.4. The van der Waals surface area contributed by atoms with Crippen molar-refractivity contribution in [2.24, 2.45) is 0 Å². The third-order valence-electron chi connectivity index (χ3n) is 2.05. The fraction of sp³-hybridized carbons (Fsp3) is 0.125. The van der Waals surface area contributed by atoms with E-state index in [1.54, 1.807) is 0 Å². The van der Waals surface area contributed by atoms with Gasteiger partial charge in [0, 0.05) is 0 Å². The Morgan fingerprint density at radius 2 is 1.65 bits per heavy atom. The van der Waals surface area contributed by atoms with E-state index in [1.165, 1.54) is 0 Å². The van der Waals surface area contributed by atoms with Crippen molar-refractivity contribution in [3.8, 4) is 0 Å². The first-order valence-electron chi connectivity index (χ1n) is 4.75. The molecule has 0 bridgehead atoms. The minimum Gasteiger partial charge on any atom is -0.385 e. The van der Waals surface area contributed by atoms with E-state index < -0.39 is 42.3 Å². The Kier molecular flexibility index (Phi) is 4.33. The first-order valence-corrected chi connectivity index (χ1v) is 6.59. The molecular formula is C8H7F5N2O4Si. The molecule has 0 aliphatic carbocycles. The van der Waals surface area contributed by atoms with Crippen LogP contribution in [-0.4, -0.2) is 40.0 Å². The minimum atomic E-state index is -6.46. The second-order valence-corrected chi connectivity index (χ2v) is 5.34. The number of para-hydroxylation sites is 1. The van der Waals surface area contributed by atoms with Gasteiger partial charge in [-0.3, -0.25) is 0 Å². The Hall–Kier alpha value is -1.76. The van der Waals surface area contributed by atoms with Gasteiger partial charge >= 0.3 is 20.5 Å². The molecule has 0 saturated heterocycles. The lowest BCUT2D eigenvalue weighted by molar-refractivity contribution is -0.180. The van der Waals surface area contributed by atoms with Crippen LogP contribution in [0.1, 0.15) is 0 Å². The summed E-state index contributed by atoms with van der Waals surface area (Å²) >= 11 is 0. The van der Waals surface area contributed by atoms with Crippen LogP contribution in [0.3, 0.4) is 0 Å². The molecule has 12 heteroatoms. The van der Waals surface area contributed by atoms with E-state index in [-0.39, 0.29) is 0 Å². The molecule has 1 rings (SSSR count). The summed E-state index contributed by atoms with van der Waals surface area (Å²) in [4.78, 5) is 36.0. The number of benzene rings is 1. The molecule has 0 radical (unpaired) electrons. The summed E-state index contributed by atoms with van der Waals surface area (Å²) in [7, 11) is -6.46. The second kappa shape index (κ2) is 5.32. The van der Waals surface area contributed by atoms with Crippen molar-refractivity contribution in [2.75, 3.05) is 5.12 Å². The summed E-state index contributed by atoms with van der Waals surface area (Å²) in [5, 5.41) is -3.55. The number of alkyl halides is 2. The summed E-state index contributed by atoms with van der Waals surface area (Å²) < 4.78 is 65.3. The number of carbonyl (C=O) groups is 1. The topological polar surface area (TPSA) is 84.2 Å². The molecule has 0 aliphatic heterocycles. The van der Waals surface area contributed by atoms with E-state index in [1.807, 2.05) is 0 Å². The van der Waals surface area contributed by atoms with Crippen LogP contribution in [0.2, 0.25) is 0 Å². The van der Waals surface area contributed by atoms with Crippen LogP contribution < -0.4 is 5.12 Å². The Morgan fingerprint density at radius 1 is 1.15 bits per heavy atom. The minimum absolute atomic E-state index is 0.640. The molecule has 20 heavy (non-hydrogen) atoms. The molecule has 0 saturated carbocycles. The van der Waals surface area contributed by atoms with Crippen LogP contribution >= 0.6 is 0 Å². The number of hydrogen-bond donors (Lipinski definition) is 3. The highest BCUT2D eigenvalue weighted by Gasteiger charge is 2.65. The van der Waals surface area contributed by atoms with Gasteiger partial charge in [-0.25, -0.2) is 9.18 Å². The number of nitrogens with zero attached hydrogens (tertiary/aromatic N) is 2. The van der Waals surface area contributed by atoms with E-state index in [0.29, 0.717) is 12.1 Å². The fourth-order valence-electron chi connectivity index (χ4n) is 1.04. The van der Waals surface area contributed by atoms with E-state index in [2.05, 4.69) is 0 Å². The monoisotopic (exact) mass is 318 g/mol. The maximum Gasteiger partial charge on any atom is 0.595 e. The van der Waals surface area contributed by atoms with Crippen molar-refractivity contribution >= 4 is 20.5 Å². The highest BCUT2D eigenvalue weighted by atomic mass is 28.4. The molecule has 1 aromatic carbocycles. The van der Waals surface area contributed by atoms with Gasteiger partial charge in [-0.2, -0.15) is 8.78 Å². The van der Waals surface area contributed by atoms with Crippen LogP contribution in [0, 0.1) is 5.82 Å². The van der Waals surface area contributed by atoms with Crippen molar-refractivity contribution in [1.29, 1.82) is 0 Å². The number of urea groups is 1. The van der Waals surface area contributed by atoms with E-state index in [9.17, 15) is 26.9 Å². The Labute approximate surface area is 109 Å². The lowest BCUT2D eigenvalue weighted by Gasteiger charge is -2.27. The van der Waals surface area contributed by atoms with Gasteiger partial charge in [0.25, 0.3) is 0 Å². The molecule has 112 valence electrons. The number of carbonyl (C=O) groups excluding carboxylic acids is 1. The van der Waals surface area contributed by atoms with Gasteiger partial charge in [0.05, 0.1) is 0 Å². The van der Waals surface area contributed by atoms with Crippen LogP contribution in [0.25, 0.3) is 0 Å². The molecule has 0 fully saturated rings. The molecule has 0 spiro atoms. The number of rotatable bonds is 3. The Morgan fingerprint density at radius 3 is 2.10 bits per heavy atom. The Bertz CT molecular complexity index is 512. The predicted molar refractivity (Wildman–Crippen MR) is 55.7 cm³/mol. The first kappa shape index (κ1) is 16.3. The predicted octanol–water partition coefficient (Wildman–Crippen LogP) is 0.871. The molecule has 0 atom stereocenters. The molecule has 2 amide bonds. The zero-order valence-corrected chi connectivity index (χ0v) is 10.3. The average molecular weight is 318 g/mol. The van der Waals surface area contributed by atoms with Crippen molar-refractivity contribution in [3.63, 3.8) is 0 Å². The molecule has 0 heterocycles. The molecule has 6 nitrogen and oxygen atoms in total. The quantitative estimate of drug-likeness (QED) is 0.334. The molecule has 3 N–H and O–H groups in total. The highest BCUT2D eigenvalue weighted by Crippen LogP contribution is 2.30. The number of hydrogen-bond acceptors (Lipinski definition) is 4. The van der Waals surface area contributed by atoms with Gasteiger partial charge in [-0.05, 0) is 12.1 Å².